The summed E-state index contributed by atoms with van der Waals surface area (Å²) in [7, 11) is 0. The number of imidazole rings is 1. The molecule has 6 heteroatoms. The second-order valence-corrected chi connectivity index (χ2v) is 5.17. The van der Waals surface area contributed by atoms with Gasteiger partial charge in [-0.1, -0.05) is 18.2 Å². The second kappa shape index (κ2) is 4.83. The number of hydrazine groups is 1. The highest BCUT2D eigenvalue weighted by atomic mass is 32.1. The fourth-order valence-corrected chi connectivity index (χ4v) is 3.18. The second-order valence-electron chi connectivity index (χ2n) is 4.11. The van der Waals surface area contributed by atoms with Gasteiger partial charge in [-0.25, -0.2) is 10.8 Å². The predicted octanol–water partition coefficient (Wildman–Crippen LogP) is 1.75. The quantitative estimate of drug-likeness (QED) is 0.433. The number of rotatable bonds is 3. The monoisotopic (exact) mass is 272 g/mol. The molecule has 2 heterocycles. The zero-order valence-electron chi connectivity index (χ0n) is 10.0. The smallest absolute Gasteiger partial charge is 0.275 e. The van der Waals surface area contributed by atoms with Crippen LogP contribution in [0.15, 0.2) is 43.0 Å². The molecule has 0 saturated heterocycles. The maximum Gasteiger partial charge on any atom is 0.275 e. The molecule has 0 unspecified atom stereocenters. The Morgan fingerprint density at radius 1 is 1.42 bits per heavy atom. The lowest BCUT2D eigenvalue weighted by Gasteiger charge is -2.04. The van der Waals surface area contributed by atoms with Crippen molar-refractivity contribution in [2.45, 2.75) is 6.54 Å². The molecule has 0 radical (unpaired) electrons. The lowest BCUT2D eigenvalue weighted by atomic mass is 10.1. The minimum atomic E-state index is -0.253. The minimum Gasteiger partial charge on any atom is -0.333 e. The number of benzene rings is 1. The SMILES string of the molecule is NNC(=O)c1sc2ccccc2c1Cn1ccnc1. The van der Waals surface area contributed by atoms with E-state index in [0.29, 0.717) is 11.4 Å². The Labute approximate surface area is 113 Å². The molecule has 0 aliphatic carbocycles. The summed E-state index contributed by atoms with van der Waals surface area (Å²) in [6.07, 6.45) is 5.32. The molecule has 1 amide bonds. The molecule has 0 aliphatic rings. The zero-order valence-corrected chi connectivity index (χ0v) is 10.9. The number of carbonyl (C=O) groups excluding carboxylic acids is 1. The number of nitrogens with two attached hydrogens (primary N) is 1. The van der Waals surface area contributed by atoms with E-state index in [0.717, 1.165) is 15.6 Å². The van der Waals surface area contributed by atoms with Gasteiger partial charge < -0.3 is 4.57 Å². The lowest BCUT2D eigenvalue weighted by molar-refractivity contribution is 0.0957. The molecule has 5 nitrogen and oxygen atoms in total. The van der Waals surface area contributed by atoms with Gasteiger partial charge in [0, 0.05) is 22.7 Å². The van der Waals surface area contributed by atoms with Crippen LogP contribution in [-0.4, -0.2) is 15.5 Å². The van der Waals surface area contributed by atoms with Crippen LogP contribution in [0.4, 0.5) is 0 Å². The largest absolute Gasteiger partial charge is 0.333 e. The van der Waals surface area contributed by atoms with Gasteiger partial charge in [0.2, 0.25) is 0 Å². The van der Waals surface area contributed by atoms with Crippen molar-refractivity contribution >= 4 is 27.3 Å². The molecule has 1 aromatic carbocycles. The number of thiophene rings is 1. The molecule has 19 heavy (non-hydrogen) atoms. The van der Waals surface area contributed by atoms with Crippen LogP contribution in [0.5, 0.6) is 0 Å². The highest BCUT2D eigenvalue weighted by Gasteiger charge is 2.17. The number of amides is 1. The molecule has 0 bridgehead atoms. The van der Waals surface area contributed by atoms with Crippen molar-refractivity contribution in [3.8, 4) is 0 Å². The van der Waals surface area contributed by atoms with E-state index in [1.54, 1.807) is 12.5 Å². The van der Waals surface area contributed by atoms with Crippen LogP contribution in [-0.2, 0) is 6.54 Å². The average Bonchev–Trinajstić information content (AvgIpc) is 3.07. The molecule has 2 aromatic heterocycles. The third kappa shape index (κ3) is 2.11. The Morgan fingerprint density at radius 3 is 3.00 bits per heavy atom. The Hall–Kier alpha value is -2.18. The summed E-state index contributed by atoms with van der Waals surface area (Å²) in [6, 6.07) is 7.96. The average molecular weight is 272 g/mol. The molecule has 0 spiro atoms. The predicted molar refractivity (Wildman–Crippen MR) is 74.8 cm³/mol. The third-order valence-corrected chi connectivity index (χ3v) is 4.15. The number of carbonyl (C=O) groups is 1. The first kappa shape index (κ1) is 11.9. The molecule has 3 aromatic rings. The van der Waals surface area contributed by atoms with Gasteiger partial charge in [0.05, 0.1) is 17.7 Å². The minimum absolute atomic E-state index is 0.253. The maximum atomic E-state index is 11.9. The number of aromatic nitrogens is 2. The normalized spacial score (nSPS) is 10.8. The van der Waals surface area contributed by atoms with Crippen LogP contribution >= 0.6 is 11.3 Å². The summed E-state index contributed by atoms with van der Waals surface area (Å²) in [4.78, 5) is 16.6. The van der Waals surface area contributed by atoms with Crippen LogP contribution in [0.2, 0.25) is 0 Å². The standard InChI is InChI=1S/C13H12N4OS/c14-16-13(18)12-10(7-17-6-5-15-8-17)9-3-1-2-4-11(9)19-12/h1-6,8H,7,14H2,(H,16,18). The van der Waals surface area contributed by atoms with Crippen LogP contribution in [0.1, 0.15) is 15.2 Å². The molecular formula is C13H12N4OS. The van der Waals surface area contributed by atoms with E-state index in [-0.39, 0.29) is 5.91 Å². The van der Waals surface area contributed by atoms with Gasteiger partial charge in [-0.3, -0.25) is 10.2 Å². The van der Waals surface area contributed by atoms with Crippen molar-refractivity contribution in [1.82, 2.24) is 15.0 Å². The topological polar surface area (TPSA) is 72.9 Å². The van der Waals surface area contributed by atoms with Crippen LogP contribution < -0.4 is 11.3 Å². The molecule has 3 N–H and O–H groups in total. The van der Waals surface area contributed by atoms with Gasteiger partial charge in [-0.15, -0.1) is 11.3 Å². The summed E-state index contributed by atoms with van der Waals surface area (Å²) in [5, 5.41) is 1.08. The Kier molecular flexibility index (Phi) is 3.02. The fraction of sp³-hybridized carbons (Fsp3) is 0.0769. The summed E-state index contributed by atoms with van der Waals surface area (Å²) in [5.74, 6) is 5.00. The van der Waals surface area contributed by atoms with Gasteiger partial charge in [0.25, 0.3) is 5.91 Å². The highest BCUT2D eigenvalue weighted by molar-refractivity contribution is 7.21. The van der Waals surface area contributed by atoms with E-state index >= 15 is 0 Å². The van der Waals surface area contributed by atoms with Gasteiger partial charge in [0.15, 0.2) is 0 Å². The molecule has 0 fully saturated rings. The van der Waals surface area contributed by atoms with Crippen molar-refractivity contribution in [2.24, 2.45) is 5.84 Å². The summed E-state index contributed by atoms with van der Waals surface area (Å²) >= 11 is 1.45. The van der Waals surface area contributed by atoms with Crippen LogP contribution in [0, 0.1) is 0 Å². The van der Waals surface area contributed by atoms with E-state index in [2.05, 4.69) is 10.4 Å². The number of nitrogens with one attached hydrogen (secondary N) is 1. The van der Waals surface area contributed by atoms with E-state index < -0.39 is 0 Å². The van der Waals surface area contributed by atoms with Crippen LogP contribution in [0.25, 0.3) is 10.1 Å². The Bertz CT molecular complexity index is 717. The zero-order chi connectivity index (χ0) is 13.2. The summed E-state index contributed by atoms with van der Waals surface area (Å²) < 4.78 is 3.01. The first-order valence-corrected chi connectivity index (χ1v) is 6.58. The first-order chi connectivity index (χ1) is 9.29. The highest BCUT2D eigenvalue weighted by Crippen LogP contribution is 2.31. The van der Waals surface area contributed by atoms with Crippen LogP contribution in [0.3, 0.4) is 0 Å². The lowest BCUT2D eigenvalue weighted by Crippen LogP contribution is -2.30. The molecule has 0 aliphatic heterocycles. The molecule has 96 valence electrons. The third-order valence-electron chi connectivity index (χ3n) is 2.94. The van der Waals surface area contributed by atoms with E-state index in [9.17, 15) is 4.79 Å². The Morgan fingerprint density at radius 2 is 2.26 bits per heavy atom. The number of nitrogens with zero attached hydrogens (tertiary/aromatic N) is 2. The van der Waals surface area contributed by atoms with E-state index in [4.69, 9.17) is 5.84 Å². The van der Waals surface area contributed by atoms with Crippen molar-refractivity contribution in [1.29, 1.82) is 0 Å². The number of nitrogen functional groups attached to an aromatic ring is 1. The van der Waals surface area contributed by atoms with Gasteiger partial charge in [0.1, 0.15) is 0 Å². The molecule has 0 atom stereocenters. The first-order valence-electron chi connectivity index (χ1n) is 5.76. The van der Waals surface area contributed by atoms with Gasteiger partial charge in [-0.2, -0.15) is 0 Å². The maximum absolute atomic E-state index is 11.9. The van der Waals surface area contributed by atoms with E-state index in [1.807, 2.05) is 35.0 Å². The molecular weight excluding hydrogens is 260 g/mol. The van der Waals surface area contributed by atoms with Crippen molar-refractivity contribution in [2.75, 3.05) is 0 Å². The van der Waals surface area contributed by atoms with E-state index in [1.165, 1.54) is 11.3 Å². The summed E-state index contributed by atoms with van der Waals surface area (Å²) in [6.45, 7) is 0.604. The summed E-state index contributed by atoms with van der Waals surface area (Å²) in [5.41, 5.74) is 3.18. The van der Waals surface area contributed by atoms with Gasteiger partial charge >= 0.3 is 0 Å². The number of hydrogen-bond donors (Lipinski definition) is 2. The molecule has 0 saturated carbocycles. The number of fused-ring (bicyclic) bond motifs is 1. The van der Waals surface area contributed by atoms with Crippen molar-refractivity contribution in [3.05, 3.63) is 53.4 Å². The molecule has 3 rings (SSSR count). The van der Waals surface area contributed by atoms with Crippen molar-refractivity contribution < 1.29 is 4.79 Å². The van der Waals surface area contributed by atoms with Gasteiger partial charge in [-0.05, 0) is 11.5 Å². The Balaban J connectivity index is 2.15. The van der Waals surface area contributed by atoms with Crippen molar-refractivity contribution in [3.63, 3.8) is 0 Å². The number of hydrogen-bond acceptors (Lipinski definition) is 4. The fourth-order valence-electron chi connectivity index (χ4n) is 2.07.